The van der Waals surface area contributed by atoms with Crippen LogP contribution >= 0.6 is 0 Å². The first-order chi connectivity index (χ1) is 12.5. The topological polar surface area (TPSA) is 66.9 Å². The first-order valence-electron chi connectivity index (χ1n) is 7.91. The van der Waals surface area contributed by atoms with Crippen LogP contribution in [0.2, 0.25) is 0 Å². The van der Waals surface area contributed by atoms with Crippen LogP contribution in [0.5, 0.6) is 0 Å². The van der Waals surface area contributed by atoms with Gasteiger partial charge in [-0.05, 0) is 25.1 Å². The molecular weight excluding hydrogens is 338 g/mol. The first kappa shape index (κ1) is 17.5. The number of rotatable bonds is 6. The van der Waals surface area contributed by atoms with E-state index in [1.807, 2.05) is 30.3 Å². The number of hydrogen-bond donors (Lipinski definition) is 2. The van der Waals surface area contributed by atoms with Gasteiger partial charge in [-0.15, -0.1) is 0 Å². The fourth-order valence-corrected chi connectivity index (χ4v) is 2.32. The number of carbonyl (C=O) groups excluding carboxylic acids is 1. The molecule has 3 rings (SSSR count). The van der Waals surface area contributed by atoms with Gasteiger partial charge in [0, 0.05) is 30.1 Å². The number of halogens is 2. The summed E-state index contributed by atoms with van der Waals surface area (Å²) in [4.78, 5) is 20.2. The highest BCUT2D eigenvalue weighted by molar-refractivity contribution is 5.99. The van der Waals surface area contributed by atoms with E-state index in [4.69, 9.17) is 0 Å². The lowest BCUT2D eigenvalue weighted by atomic mass is 10.2. The van der Waals surface area contributed by atoms with Crippen LogP contribution in [-0.4, -0.2) is 15.8 Å². The van der Waals surface area contributed by atoms with Gasteiger partial charge in [-0.3, -0.25) is 4.79 Å². The van der Waals surface area contributed by atoms with Crippen molar-refractivity contribution in [2.45, 2.75) is 13.5 Å². The molecule has 0 spiro atoms. The molecule has 0 atom stereocenters. The van der Waals surface area contributed by atoms with Crippen molar-refractivity contribution in [3.63, 3.8) is 0 Å². The van der Waals surface area contributed by atoms with Gasteiger partial charge in [0.15, 0.2) is 5.78 Å². The van der Waals surface area contributed by atoms with E-state index in [-0.39, 0.29) is 23.8 Å². The maximum Gasteiger partial charge on any atom is 0.224 e. The number of anilines is 3. The van der Waals surface area contributed by atoms with Crippen LogP contribution in [0.3, 0.4) is 0 Å². The normalized spacial score (nSPS) is 10.4. The molecule has 0 aliphatic heterocycles. The van der Waals surface area contributed by atoms with E-state index in [1.54, 1.807) is 0 Å². The number of nitrogens with zero attached hydrogens (tertiary/aromatic N) is 2. The highest BCUT2D eigenvalue weighted by Crippen LogP contribution is 2.20. The molecule has 0 radical (unpaired) electrons. The molecule has 132 valence electrons. The highest BCUT2D eigenvalue weighted by atomic mass is 19.1. The first-order valence-corrected chi connectivity index (χ1v) is 7.91. The average molecular weight is 354 g/mol. The van der Waals surface area contributed by atoms with Gasteiger partial charge < -0.3 is 10.6 Å². The fourth-order valence-electron chi connectivity index (χ4n) is 2.32. The summed E-state index contributed by atoms with van der Waals surface area (Å²) in [6, 6.07) is 12.6. The number of para-hydroxylation sites is 1. The van der Waals surface area contributed by atoms with Crippen LogP contribution in [0.4, 0.5) is 26.2 Å². The lowest BCUT2D eigenvalue weighted by molar-refractivity contribution is 0.101. The predicted molar refractivity (Wildman–Crippen MR) is 95.4 cm³/mol. The molecule has 0 saturated heterocycles. The minimum absolute atomic E-state index is 0.0797. The Morgan fingerprint density at radius 1 is 1.12 bits per heavy atom. The van der Waals surface area contributed by atoms with Crippen molar-refractivity contribution in [2.24, 2.45) is 0 Å². The minimum Gasteiger partial charge on any atom is -0.350 e. The predicted octanol–water partition coefficient (Wildman–Crippen LogP) is 4.31. The van der Waals surface area contributed by atoms with Gasteiger partial charge in [0.05, 0.1) is 5.56 Å². The molecule has 2 N–H and O–H groups in total. The smallest absolute Gasteiger partial charge is 0.224 e. The van der Waals surface area contributed by atoms with Gasteiger partial charge in [0.2, 0.25) is 5.95 Å². The fraction of sp³-hybridized carbons (Fsp3) is 0.105. The Balaban J connectivity index is 1.81. The second kappa shape index (κ2) is 7.69. The Morgan fingerprint density at radius 3 is 2.58 bits per heavy atom. The maximum absolute atomic E-state index is 13.7. The summed E-state index contributed by atoms with van der Waals surface area (Å²) in [7, 11) is 0. The third kappa shape index (κ3) is 4.18. The third-order valence-corrected chi connectivity index (χ3v) is 3.66. The average Bonchev–Trinajstić information content (AvgIpc) is 2.62. The van der Waals surface area contributed by atoms with Gasteiger partial charge in [-0.2, -0.15) is 4.98 Å². The highest BCUT2D eigenvalue weighted by Gasteiger charge is 2.12. The Labute approximate surface area is 149 Å². The van der Waals surface area contributed by atoms with Crippen LogP contribution in [0.1, 0.15) is 22.8 Å². The number of Topliss-reactive ketones (excluding diaryl/α,β-unsaturated/α-hetero) is 1. The summed E-state index contributed by atoms with van der Waals surface area (Å²) in [6.45, 7) is 1.51. The number of carbonyl (C=O) groups is 1. The molecule has 7 heteroatoms. The molecule has 0 fully saturated rings. The van der Waals surface area contributed by atoms with Crippen molar-refractivity contribution in [2.75, 3.05) is 10.6 Å². The third-order valence-electron chi connectivity index (χ3n) is 3.66. The lowest BCUT2D eigenvalue weighted by Gasteiger charge is -2.12. The van der Waals surface area contributed by atoms with Crippen LogP contribution in [0, 0.1) is 11.6 Å². The van der Waals surface area contributed by atoms with Gasteiger partial charge >= 0.3 is 0 Å². The van der Waals surface area contributed by atoms with Crippen molar-refractivity contribution >= 4 is 23.2 Å². The maximum atomic E-state index is 13.7. The monoisotopic (exact) mass is 354 g/mol. The van der Waals surface area contributed by atoms with Gasteiger partial charge in [0.1, 0.15) is 17.5 Å². The van der Waals surface area contributed by atoms with E-state index < -0.39 is 11.6 Å². The second-order valence-electron chi connectivity index (χ2n) is 5.59. The van der Waals surface area contributed by atoms with E-state index in [0.717, 1.165) is 11.8 Å². The zero-order chi connectivity index (χ0) is 18.5. The number of hydrogen-bond acceptors (Lipinski definition) is 5. The van der Waals surface area contributed by atoms with Crippen LogP contribution in [0.15, 0.2) is 54.7 Å². The molecule has 3 aromatic rings. The quantitative estimate of drug-likeness (QED) is 0.646. The molecule has 1 aromatic heterocycles. The van der Waals surface area contributed by atoms with Gasteiger partial charge in [-0.25, -0.2) is 13.8 Å². The summed E-state index contributed by atoms with van der Waals surface area (Å²) >= 11 is 0. The Kier molecular flexibility index (Phi) is 5.17. The molecular formula is C19H16F2N4O. The molecule has 0 aliphatic carbocycles. The van der Waals surface area contributed by atoms with Crippen molar-refractivity contribution in [3.8, 4) is 0 Å². The van der Waals surface area contributed by atoms with Crippen molar-refractivity contribution in [1.82, 2.24) is 9.97 Å². The Bertz CT molecular complexity index is 932. The van der Waals surface area contributed by atoms with Crippen molar-refractivity contribution in [3.05, 3.63) is 77.5 Å². The van der Waals surface area contributed by atoms with E-state index in [2.05, 4.69) is 20.6 Å². The lowest BCUT2D eigenvalue weighted by Crippen LogP contribution is -2.10. The van der Waals surface area contributed by atoms with E-state index in [0.29, 0.717) is 11.4 Å². The summed E-state index contributed by atoms with van der Waals surface area (Å²) in [5.74, 6) is -0.902. The molecule has 0 bridgehead atoms. The number of nitrogens with one attached hydrogen (secondary N) is 2. The number of ketones is 1. The molecule has 0 aliphatic rings. The minimum atomic E-state index is -0.652. The summed E-state index contributed by atoms with van der Waals surface area (Å²) in [5, 5.41) is 5.95. The van der Waals surface area contributed by atoms with E-state index >= 15 is 0 Å². The molecule has 2 aromatic carbocycles. The zero-order valence-corrected chi connectivity index (χ0v) is 14.0. The molecule has 0 saturated carbocycles. The Morgan fingerprint density at radius 2 is 1.88 bits per heavy atom. The van der Waals surface area contributed by atoms with Crippen LogP contribution in [0.25, 0.3) is 0 Å². The summed E-state index contributed by atoms with van der Waals surface area (Å²) < 4.78 is 26.7. The standard InChI is InChI=1S/C19H16F2N4O/c1-12(26)16-11-23-19(22-10-13-7-8-14(20)9-17(13)21)25-18(16)24-15-5-3-2-4-6-15/h2-9,11H,10H2,1H3,(H2,22,23,24,25). The summed E-state index contributed by atoms with van der Waals surface area (Å²) in [5.41, 5.74) is 1.39. The zero-order valence-electron chi connectivity index (χ0n) is 14.0. The number of benzene rings is 2. The molecule has 5 nitrogen and oxygen atoms in total. The molecule has 26 heavy (non-hydrogen) atoms. The molecule has 1 heterocycles. The largest absolute Gasteiger partial charge is 0.350 e. The van der Waals surface area contributed by atoms with Gasteiger partial charge in [0.25, 0.3) is 0 Å². The molecule has 0 unspecified atom stereocenters. The van der Waals surface area contributed by atoms with E-state index in [9.17, 15) is 13.6 Å². The number of aromatic nitrogens is 2. The van der Waals surface area contributed by atoms with Gasteiger partial charge in [-0.1, -0.05) is 24.3 Å². The molecule has 0 amide bonds. The van der Waals surface area contributed by atoms with Crippen molar-refractivity contribution < 1.29 is 13.6 Å². The van der Waals surface area contributed by atoms with Crippen molar-refractivity contribution in [1.29, 1.82) is 0 Å². The second-order valence-corrected chi connectivity index (χ2v) is 5.59. The SMILES string of the molecule is CC(=O)c1cnc(NCc2ccc(F)cc2F)nc1Nc1ccccc1. The van der Waals surface area contributed by atoms with E-state index in [1.165, 1.54) is 25.3 Å². The van der Waals surface area contributed by atoms with Crippen LogP contribution < -0.4 is 10.6 Å². The van der Waals surface area contributed by atoms with Crippen LogP contribution in [-0.2, 0) is 6.54 Å². The summed E-state index contributed by atoms with van der Waals surface area (Å²) in [6.07, 6.45) is 1.41. The Hall–Kier alpha value is -3.35.